The highest BCUT2D eigenvalue weighted by atomic mass is 35.5. The van der Waals surface area contributed by atoms with Gasteiger partial charge in [0.15, 0.2) is 11.5 Å². The van der Waals surface area contributed by atoms with Gasteiger partial charge in [-0.25, -0.2) is 9.67 Å². The molecular weight excluding hydrogens is 684 g/mol. The molecule has 2 N–H and O–H groups in total. The summed E-state index contributed by atoms with van der Waals surface area (Å²) in [6.07, 6.45) is -3.16. The lowest BCUT2D eigenvalue weighted by Crippen LogP contribution is -2.50. The van der Waals surface area contributed by atoms with Crippen molar-refractivity contribution >= 4 is 57.2 Å². The molecule has 10 nitrogen and oxygen atoms in total. The number of carbonyl (C=O) groups is 2. The molecule has 254 valence electrons. The number of nitrogens with zero attached hydrogens (tertiary/aromatic N) is 4. The monoisotopic (exact) mass is 712 g/mol. The summed E-state index contributed by atoms with van der Waals surface area (Å²) >= 11 is 12.9. The highest BCUT2D eigenvalue weighted by Crippen LogP contribution is 2.41. The van der Waals surface area contributed by atoms with E-state index < -0.39 is 40.3 Å². The van der Waals surface area contributed by atoms with Crippen molar-refractivity contribution in [1.29, 1.82) is 0 Å². The van der Waals surface area contributed by atoms with E-state index in [0.29, 0.717) is 39.2 Å². The predicted molar refractivity (Wildman–Crippen MR) is 181 cm³/mol. The third-order valence-corrected chi connectivity index (χ3v) is 9.62. The molecule has 1 atom stereocenters. The van der Waals surface area contributed by atoms with E-state index in [4.69, 9.17) is 23.2 Å². The molecule has 0 aliphatic carbocycles. The molecule has 0 saturated heterocycles. The van der Waals surface area contributed by atoms with Crippen molar-refractivity contribution in [3.8, 4) is 5.82 Å². The van der Waals surface area contributed by atoms with Crippen LogP contribution in [0.4, 0.5) is 24.5 Å². The smallest absolute Gasteiger partial charge is 0.322 e. The number of rotatable bonds is 9. The number of halogens is 5. The van der Waals surface area contributed by atoms with Gasteiger partial charge in [-0.2, -0.15) is 18.3 Å². The SMILES string of the molecule is CCC(C)(c1ccc(NC(=O)c2cc3ccccc3c(Cl)c2NC(=O)c2cc(C(F)(F)F)nn2-c2ncccc2Cl)cc1)C(C)(C)[N+](=O)[O-]. The minimum absolute atomic E-state index is 0.0364. The molecule has 0 bridgehead atoms. The van der Waals surface area contributed by atoms with Crippen LogP contribution >= 0.6 is 23.2 Å². The Kier molecular flexibility index (Phi) is 9.46. The minimum atomic E-state index is -4.91. The third-order valence-electron chi connectivity index (χ3n) is 8.93. The molecule has 0 fully saturated rings. The van der Waals surface area contributed by atoms with Crippen LogP contribution in [-0.4, -0.2) is 37.0 Å². The first-order valence-electron chi connectivity index (χ1n) is 14.9. The number of hydrogen-bond acceptors (Lipinski definition) is 6. The molecule has 3 aromatic carbocycles. The van der Waals surface area contributed by atoms with Crippen LogP contribution in [-0.2, 0) is 11.6 Å². The summed E-state index contributed by atoms with van der Waals surface area (Å²) in [5.74, 6) is -2.00. The molecule has 1 unspecified atom stereocenters. The Hall–Kier alpha value is -5.01. The number of fused-ring (bicyclic) bond motifs is 1. The number of benzene rings is 3. The molecule has 2 heterocycles. The van der Waals surface area contributed by atoms with Crippen LogP contribution in [0.3, 0.4) is 0 Å². The van der Waals surface area contributed by atoms with Crippen LogP contribution in [0.2, 0.25) is 10.0 Å². The van der Waals surface area contributed by atoms with Crippen molar-refractivity contribution in [3.63, 3.8) is 0 Å². The summed E-state index contributed by atoms with van der Waals surface area (Å²) in [5, 5.41) is 21.6. The number of hydrogen-bond donors (Lipinski definition) is 2. The van der Waals surface area contributed by atoms with Crippen molar-refractivity contribution in [2.75, 3.05) is 10.6 Å². The fraction of sp³-hybridized carbons (Fsp3) is 0.235. The summed E-state index contributed by atoms with van der Waals surface area (Å²) in [6, 6.07) is 18.2. The third kappa shape index (κ3) is 6.55. The number of alkyl halides is 3. The van der Waals surface area contributed by atoms with E-state index in [1.165, 1.54) is 24.4 Å². The molecule has 5 aromatic rings. The van der Waals surface area contributed by atoms with Crippen molar-refractivity contribution in [2.45, 2.75) is 51.2 Å². The molecule has 0 radical (unpaired) electrons. The van der Waals surface area contributed by atoms with Gasteiger partial charge < -0.3 is 10.6 Å². The summed E-state index contributed by atoms with van der Waals surface area (Å²) in [4.78, 5) is 43.1. The first kappa shape index (κ1) is 35.3. The van der Waals surface area contributed by atoms with E-state index in [9.17, 15) is 32.9 Å². The fourth-order valence-electron chi connectivity index (χ4n) is 5.47. The standard InChI is InChI=1S/C34H29Cl2F3N6O4/c1-5-33(4,32(2,3)45(48)49)20-12-14-21(15-13-20)41-30(46)23-17-19-9-6-7-10-22(19)27(36)28(23)42-31(47)25-18-26(34(37,38)39)43-44(25)29-24(35)11-8-16-40-29/h6-18H,5H2,1-4H3,(H,41,46)(H,42,47). The van der Waals surface area contributed by atoms with Gasteiger partial charge >= 0.3 is 6.18 Å². The van der Waals surface area contributed by atoms with Crippen molar-refractivity contribution in [2.24, 2.45) is 0 Å². The Morgan fingerprint density at radius 2 is 1.61 bits per heavy atom. The molecule has 2 amide bonds. The first-order chi connectivity index (χ1) is 23.0. The molecule has 2 aromatic heterocycles. The van der Waals surface area contributed by atoms with Gasteiger partial charge in [0.2, 0.25) is 5.54 Å². The lowest BCUT2D eigenvalue weighted by atomic mass is 9.67. The van der Waals surface area contributed by atoms with Crippen LogP contribution in [0, 0.1) is 10.1 Å². The van der Waals surface area contributed by atoms with Gasteiger partial charge in [-0.05, 0) is 54.6 Å². The Morgan fingerprint density at radius 3 is 2.22 bits per heavy atom. The van der Waals surface area contributed by atoms with Crippen LogP contribution in [0.15, 0.2) is 79.0 Å². The van der Waals surface area contributed by atoms with Gasteiger partial charge in [0, 0.05) is 42.1 Å². The molecule has 0 aliphatic heterocycles. The predicted octanol–water partition coefficient (Wildman–Crippen LogP) is 8.97. The maximum absolute atomic E-state index is 13.8. The fourth-order valence-corrected chi connectivity index (χ4v) is 5.99. The number of carbonyl (C=O) groups excluding carboxylic acids is 2. The van der Waals surface area contributed by atoms with Crippen LogP contribution in [0.5, 0.6) is 0 Å². The maximum Gasteiger partial charge on any atom is 0.435 e. The van der Waals surface area contributed by atoms with Crippen LogP contribution in [0.1, 0.15) is 66.2 Å². The molecule has 0 saturated carbocycles. The van der Waals surface area contributed by atoms with Crippen LogP contribution < -0.4 is 10.6 Å². The quantitative estimate of drug-likeness (QED) is 0.116. The maximum atomic E-state index is 13.8. The summed E-state index contributed by atoms with van der Waals surface area (Å²) < 4.78 is 41.9. The second-order valence-corrected chi connectivity index (χ2v) is 12.7. The Labute approximate surface area is 288 Å². The van der Waals surface area contributed by atoms with E-state index >= 15 is 0 Å². The number of nitrogens with one attached hydrogen (secondary N) is 2. The van der Waals surface area contributed by atoms with E-state index in [0.717, 1.165) is 0 Å². The van der Waals surface area contributed by atoms with Gasteiger partial charge in [0.25, 0.3) is 11.8 Å². The van der Waals surface area contributed by atoms with Gasteiger partial charge in [-0.3, -0.25) is 19.7 Å². The lowest BCUT2D eigenvalue weighted by Gasteiger charge is -2.37. The van der Waals surface area contributed by atoms with Gasteiger partial charge in [-0.1, -0.05) is 66.5 Å². The van der Waals surface area contributed by atoms with Crippen LogP contribution in [0.25, 0.3) is 16.6 Å². The number of anilines is 2. The van der Waals surface area contributed by atoms with Gasteiger partial charge in [0.05, 0.1) is 26.7 Å². The highest BCUT2D eigenvalue weighted by molar-refractivity contribution is 6.40. The van der Waals surface area contributed by atoms with E-state index in [1.807, 2.05) is 6.92 Å². The first-order valence-corrected chi connectivity index (χ1v) is 15.6. The second-order valence-electron chi connectivity index (χ2n) is 12.0. The topological polar surface area (TPSA) is 132 Å². The average Bonchev–Trinajstić information content (AvgIpc) is 3.52. The normalized spacial score (nSPS) is 13.2. The Bertz CT molecular complexity index is 2100. The lowest BCUT2D eigenvalue weighted by molar-refractivity contribution is -0.574. The van der Waals surface area contributed by atoms with Gasteiger partial charge in [-0.15, -0.1) is 0 Å². The number of nitro groups is 1. The zero-order valence-corrected chi connectivity index (χ0v) is 28.0. The van der Waals surface area contributed by atoms with E-state index in [2.05, 4.69) is 20.7 Å². The summed E-state index contributed by atoms with van der Waals surface area (Å²) in [7, 11) is 0. The summed E-state index contributed by atoms with van der Waals surface area (Å²) in [5.41, 5.74) is -3.29. The van der Waals surface area contributed by atoms with Crippen molar-refractivity contribution in [3.05, 3.63) is 122 Å². The number of pyridine rings is 1. The Morgan fingerprint density at radius 1 is 0.939 bits per heavy atom. The van der Waals surface area contributed by atoms with E-state index in [1.54, 1.807) is 69.3 Å². The molecule has 0 spiro atoms. The molecular formula is C34H29Cl2F3N6O4. The average molecular weight is 714 g/mol. The highest BCUT2D eigenvalue weighted by Gasteiger charge is 2.50. The molecule has 49 heavy (non-hydrogen) atoms. The van der Waals surface area contributed by atoms with Crippen molar-refractivity contribution < 1.29 is 27.7 Å². The molecule has 0 aliphatic rings. The molecule has 15 heteroatoms. The Balaban J connectivity index is 1.54. The summed E-state index contributed by atoms with van der Waals surface area (Å²) in [6.45, 7) is 6.80. The minimum Gasteiger partial charge on any atom is -0.322 e. The number of aromatic nitrogens is 3. The second kappa shape index (κ2) is 13.1. The number of amides is 2. The molecule has 5 rings (SSSR count). The van der Waals surface area contributed by atoms with Gasteiger partial charge in [0.1, 0.15) is 5.69 Å². The van der Waals surface area contributed by atoms with E-state index in [-0.39, 0.29) is 32.0 Å². The van der Waals surface area contributed by atoms with Crippen molar-refractivity contribution in [1.82, 2.24) is 14.8 Å². The zero-order valence-electron chi connectivity index (χ0n) is 26.5. The zero-order chi connectivity index (χ0) is 35.9. The largest absolute Gasteiger partial charge is 0.435 e.